The molecule has 1 aliphatic rings. The lowest BCUT2D eigenvalue weighted by Gasteiger charge is -2.23. The second kappa shape index (κ2) is 9.76. The highest BCUT2D eigenvalue weighted by Crippen LogP contribution is 2.28. The maximum Gasteiger partial charge on any atom is 0.253 e. The summed E-state index contributed by atoms with van der Waals surface area (Å²) in [4.78, 5) is 16.8. The van der Waals surface area contributed by atoms with E-state index in [9.17, 15) is 4.79 Å². The summed E-state index contributed by atoms with van der Waals surface area (Å²) in [5, 5.41) is 0. The molecule has 4 rings (SSSR count). The lowest BCUT2D eigenvalue weighted by atomic mass is 10.0. The zero-order valence-electron chi connectivity index (χ0n) is 17.7. The van der Waals surface area contributed by atoms with Crippen molar-refractivity contribution in [3.63, 3.8) is 0 Å². The maximum absolute atomic E-state index is 12.5. The lowest BCUT2D eigenvalue weighted by molar-refractivity contribution is -0.102. The average molecular weight is 422 g/mol. The van der Waals surface area contributed by atoms with E-state index in [1.54, 1.807) is 19.3 Å². The first kappa shape index (κ1) is 21.1. The Morgan fingerprint density at radius 2 is 2.03 bits per heavy atom. The molecule has 1 fully saturated rings. The molecular formula is C24H26N2O5. The molecule has 3 heterocycles. The van der Waals surface area contributed by atoms with E-state index in [4.69, 9.17) is 18.9 Å². The number of hydrogen-bond acceptors (Lipinski definition) is 6. The molecule has 1 aromatic carbocycles. The lowest BCUT2D eigenvalue weighted by Crippen LogP contribution is -2.34. The summed E-state index contributed by atoms with van der Waals surface area (Å²) >= 11 is 0. The molecule has 7 nitrogen and oxygen atoms in total. The van der Waals surface area contributed by atoms with Crippen LogP contribution in [-0.2, 0) is 23.1 Å². The normalized spacial score (nSPS) is 16.1. The number of nitrogens with zero attached hydrogens (tertiary/aromatic N) is 2. The number of benzene rings is 1. The molecule has 0 N–H and O–H groups in total. The van der Waals surface area contributed by atoms with Crippen LogP contribution in [0.2, 0.25) is 0 Å². The van der Waals surface area contributed by atoms with E-state index in [0.717, 1.165) is 28.1 Å². The summed E-state index contributed by atoms with van der Waals surface area (Å²) in [6.45, 7) is 4.37. The predicted octanol–water partition coefficient (Wildman–Crippen LogP) is 3.13. The first-order valence-electron chi connectivity index (χ1n) is 10.3. The molecule has 1 aliphatic heterocycles. The van der Waals surface area contributed by atoms with Crippen LogP contribution in [0.5, 0.6) is 11.6 Å². The van der Waals surface area contributed by atoms with Gasteiger partial charge >= 0.3 is 0 Å². The summed E-state index contributed by atoms with van der Waals surface area (Å²) in [5.74, 6) is 1.24. The fourth-order valence-corrected chi connectivity index (χ4v) is 3.41. The molecule has 162 valence electrons. The summed E-state index contributed by atoms with van der Waals surface area (Å²) in [6, 6.07) is 15.0. The van der Waals surface area contributed by atoms with Gasteiger partial charge in [0, 0.05) is 25.4 Å². The topological polar surface area (TPSA) is 71.8 Å². The molecule has 0 spiro atoms. The van der Waals surface area contributed by atoms with Gasteiger partial charge in [-0.1, -0.05) is 12.1 Å². The molecule has 0 radical (unpaired) electrons. The molecule has 31 heavy (non-hydrogen) atoms. The van der Waals surface area contributed by atoms with Gasteiger partial charge in [-0.3, -0.25) is 14.3 Å². The molecule has 7 heteroatoms. The first-order valence-corrected chi connectivity index (χ1v) is 10.3. The van der Waals surface area contributed by atoms with Crippen LogP contribution in [0.25, 0.3) is 11.1 Å². The van der Waals surface area contributed by atoms with Crippen LogP contribution in [-0.4, -0.2) is 42.1 Å². The van der Waals surface area contributed by atoms with Gasteiger partial charge in [0.2, 0.25) is 0 Å². The van der Waals surface area contributed by atoms with Gasteiger partial charge in [-0.2, -0.15) is 0 Å². The van der Waals surface area contributed by atoms with E-state index in [-0.39, 0.29) is 11.7 Å². The Hall–Kier alpha value is -3.16. The van der Waals surface area contributed by atoms with E-state index in [1.165, 1.54) is 4.57 Å². The van der Waals surface area contributed by atoms with E-state index in [2.05, 4.69) is 4.98 Å². The predicted molar refractivity (Wildman–Crippen MR) is 116 cm³/mol. The second-order valence-corrected chi connectivity index (χ2v) is 7.44. The van der Waals surface area contributed by atoms with Gasteiger partial charge < -0.3 is 18.9 Å². The zero-order chi connectivity index (χ0) is 21.6. The van der Waals surface area contributed by atoms with Gasteiger partial charge in [0.15, 0.2) is 5.88 Å². The Kier molecular flexibility index (Phi) is 6.64. The van der Waals surface area contributed by atoms with Crippen molar-refractivity contribution < 1.29 is 18.9 Å². The van der Waals surface area contributed by atoms with Crippen molar-refractivity contribution >= 4 is 0 Å². The summed E-state index contributed by atoms with van der Waals surface area (Å²) in [7, 11) is 1.70. The third kappa shape index (κ3) is 5.31. The van der Waals surface area contributed by atoms with Gasteiger partial charge in [-0.15, -0.1) is 0 Å². The van der Waals surface area contributed by atoms with E-state index in [0.29, 0.717) is 38.9 Å². The number of aryl methyl sites for hydroxylation is 1. The third-order valence-corrected chi connectivity index (χ3v) is 5.14. The number of pyridine rings is 2. The van der Waals surface area contributed by atoms with E-state index in [1.807, 2.05) is 49.4 Å². The van der Waals surface area contributed by atoms with Gasteiger partial charge in [0.25, 0.3) is 5.56 Å². The van der Waals surface area contributed by atoms with Gasteiger partial charge in [-0.05, 0) is 47.9 Å². The Labute approximate surface area is 181 Å². The minimum atomic E-state index is -0.136. The van der Waals surface area contributed by atoms with Crippen molar-refractivity contribution in [2.24, 2.45) is 7.05 Å². The fraction of sp³-hybridized carbons (Fsp3) is 0.333. The van der Waals surface area contributed by atoms with Crippen LogP contribution < -0.4 is 15.0 Å². The Bertz CT molecular complexity index is 1080. The highest BCUT2D eigenvalue weighted by atomic mass is 16.6. The largest absolute Gasteiger partial charge is 0.487 e. The van der Waals surface area contributed by atoms with Crippen LogP contribution in [0, 0.1) is 6.92 Å². The minimum Gasteiger partial charge on any atom is -0.487 e. The van der Waals surface area contributed by atoms with E-state index < -0.39 is 0 Å². The summed E-state index contributed by atoms with van der Waals surface area (Å²) in [5.41, 5.74) is 3.48. The van der Waals surface area contributed by atoms with E-state index >= 15 is 0 Å². The SMILES string of the molecule is Cc1cc(OCc2ccccn2)ccc1-c1cc(OCC2COCCO2)n(C)c(=O)c1. The zero-order valence-corrected chi connectivity index (χ0v) is 17.7. The molecular weight excluding hydrogens is 396 g/mol. The Morgan fingerprint density at radius 3 is 2.77 bits per heavy atom. The number of rotatable bonds is 7. The van der Waals surface area contributed by atoms with Crippen LogP contribution in [0.4, 0.5) is 0 Å². The van der Waals surface area contributed by atoms with Crippen molar-refractivity contribution in [3.05, 3.63) is 76.3 Å². The number of aromatic nitrogens is 2. The van der Waals surface area contributed by atoms with Gasteiger partial charge in [0.05, 0.1) is 25.5 Å². The summed E-state index contributed by atoms with van der Waals surface area (Å²) in [6.07, 6.45) is 1.61. The molecule has 0 bridgehead atoms. The molecule has 1 unspecified atom stereocenters. The smallest absolute Gasteiger partial charge is 0.253 e. The van der Waals surface area contributed by atoms with Crippen LogP contribution in [0.3, 0.4) is 0 Å². The molecule has 2 aromatic heterocycles. The van der Waals surface area contributed by atoms with Crippen LogP contribution >= 0.6 is 0 Å². The monoisotopic (exact) mass is 422 g/mol. The summed E-state index contributed by atoms with van der Waals surface area (Å²) < 4.78 is 24.3. The van der Waals surface area contributed by atoms with Crippen molar-refractivity contribution in [1.82, 2.24) is 9.55 Å². The highest BCUT2D eigenvalue weighted by Gasteiger charge is 2.16. The quantitative estimate of drug-likeness (QED) is 0.583. The first-order chi connectivity index (χ1) is 15.1. The molecule has 0 saturated carbocycles. The number of ether oxygens (including phenoxy) is 4. The van der Waals surface area contributed by atoms with Crippen LogP contribution in [0.15, 0.2) is 59.5 Å². The molecule has 1 atom stereocenters. The fourth-order valence-electron chi connectivity index (χ4n) is 3.41. The Balaban J connectivity index is 1.50. The molecule has 1 saturated heterocycles. The highest BCUT2D eigenvalue weighted by molar-refractivity contribution is 5.68. The van der Waals surface area contributed by atoms with Gasteiger partial charge in [-0.25, -0.2) is 0 Å². The maximum atomic E-state index is 12.5. The third-order valence-electron chi connectivity index (χ3n) is 5.14. The van der Waals surface area contributed by atoms with Gasteiger partial charge in [0.1, 0.15) is 25.1 Å². The van der Waals surface area contributed by atoms with Crippen molar-refractivity contribution in [3.8, 4) is 22.8 Å². The second-order valence-electron chi connectivity index (χ2n) is 7.44. The minimum absolute atomic E-state index is 0.134. The van der Waals surface area contributed by atoms with Crippen molar-refractivity contribution in [2.45, 2.75) is 19.6 Å². The Morgan fingerprint density at radius 1 is 1.13 bits per heavy atom. The van der Waals surface area contributed by atoms with Crippen LogP contribution in [0.1, 0.15) is 11.3 Å². The standard InChI is InChI=1S/C24H26N2O5/c1-17-11-20(30-14-19-5-3-4-8-25-19)6-7-22(17)18-12-23(27)26(2)24(13-18)31-16-21-15-28-9-10-29-21/h3-8,11-13,21H,9-10,14-16H2,1-2H3. The molecule has 3 aromatic rings. The number of hydrogen-bond donors (Lipinski definition) is 0. The molecule has 0 amide bonds. The molecule has 0 aliphatic carbocycles. The average Bonchev–Trinajstić information content (AvgIpc) is 2.80. The van der Waals surface area contributed by atoms with Crippen molar-refractivity contribution in [2.75, 3.05) is 26.4 Å². The van der Waals surface area contributed by atoms with Crippen molar-refractivity contribution in [1.29, 1.82) is 0 Å².